The number of nitrogens with two attached hydrogens (primary N) is 1. The van der Waals surface area contributed by atoms with Crippen molar-refractivity contribution in [2.24, 2.45) is 0 Å². The molecule has 6 N–H and O–H groups in total. The van der Waals surface area contributed by atoms with Crippen molar-refractivity contribution in [2.45, 2.75) is 56.1 Å². The molecule has 2 aromatic rings. The van der Waals surface area contributed by atoms with Gasteiger partial charge in [-0.15, -0.1) is 0 Å². The molecule has 0 aromatic carbocycles. The highest BCUT2D eigenvalue weighted by atomic mass is 31.3. The number of imidazole rings is 1. The van der Waals surface area contributed by atoms with Crippen molar-refractivity contribution in [1.29, 1.82) is 0 Å². The fourth-order valence-corrected chi connectivity index (χ4v) is 5.96. The number of ether oxygens (including phenoxy) is 3. The Hall–Kier alpha value is -2.42. The number of hydrogen-bond donors (Lipinski definition) is 5. The third-order valence-corrected chi connectivity index (χ3v) is 8.39. The number of anilines is 1. The Kier molecular flexibility index (Phi) is 9.56. The zero-order valence-electron chi connectivity index (χ0n) is 20.9. The fraction of sp³-hybridized carbons (Fsp3) is 0.579. The Balaban J connectivity index is 1.31. The van der Waals surface area contributed by atoms with Crippen LogP contribution in [0.1, 0.15) is 13.2 Å². The minimum Gasteiger partial charge on any atom is -0.756 e. The van der Waals surface area contributed by atoms with E-state index in [2.05, 4.69) is 28.3 Å². The molecule has 2 fully saturated rings. The highest BCUT2D eigenvalue weighted by Gasteiger charge is 2.47. The van der Waals surface area contributed by atoms with Crippen LogP contribution in [0.4, 0.5) is 5.82 Å². The molecule has 20 nitrogen and oxygen atoms in total. The van der Waals surface area contributed by atoms with Crippen LogP contribution >= 0.6 is 15.6 Å². The fourth-order valence-electron chi connectivity index (χ4n) is 3.94. The number of rotatable bonds is 11. The van der Waals surface area contributed by atoms with Crippen LogP contribution in [0.2, 0.25) is 0 Å². The number of aromatic nitrogens is 4. The molecule has 0 radical (unpaired) electrons. The largest absolute Gasteiger partial charge is 0.756 e. The van der Waals surface area contributed by atoms with Gasteiger partial charge in [-0.3, -0.25) is 13.7 Å². The number of carbonyl (C=O) groups excluding carboxylic acids is 1. The summed E-state index contributed by atoms with van der Waals surface area (Å²) in [5, 5.41) is 40.7. The minimum absolute atomic E-state index is 0.0354. The molecule has 2 aliphatic heterocycles. The smallest absolute Gasteiger partial charge is 0.330 e. The van der Waals surface area contributed by atoms with E-state index in [-0.39, 0.29) is 17.0 Å². The number of carbonyl (C=O) groups is 1. The number of aliphatic hydroxyl groups is 4. The van der Waals surface area contributed by atoms with Gasteiger partial charge in [-0.2, -0.15) is 0 Å². The lowest BCUT2D eigenvalue weighted by Crippen LogP contribution is -2.38. The van der Waals surface area contributed by atoms with Gasteiger partial charge in [0.2, 0.25) is 0 Å². The molecule has 3 unspecified atom stereocenters. The zero-order valence-corrected chi connectivity index (χ0v) is 22.7. The van der Waals surface area contributed by atoms with Crippen LogP contribution in [0.15, 0.2) is 24.8 Å². The predicted octanol–water partition coefficient (Wildman–Crippen LogP) is -3.42. The van der Waals surface area contributed by atoms with Crippen LogP contribution in [0.3, 0.4) is 0 Å². The summed E-state index contributed by atoms with van der Waals surface area (Å²) in [5.74, 6) is -0.886. The van der Waals surface area contributed by atoms with Crippen LogP contribution in [0.5, 0.6) is 0 Å². The second-order valence-electron chi connectivity index (χ2n) is 8.65. The van der Waals surface area contributed by atoms with E-state index in [1.54, 1.807) is 0 Å². The van der Waals surface area contributed by atoms with Gasteiger partial charge in [-0.25, -0.2) is 24.1 Å². The monoisotopic (exact) mass is 625 g/mol. The summed E-state index contributed by atoms with van der Waals surface area (Å²) in [7, 11) is -11.4. The summed E-state index contributed by atoms with van der Waals surface area (Å²) in [4.78, 5) is 47.6. The highest BCUT2D eigenvalue weighted by Crippen LogP contribution is 2.56. The number of nitrogens with zero attached hydrogens (tertiary/aromatic N) is 4. The van der Waals surface area contributed by atoms with Crippen molar-refractivity contribution in [3.63, 3.8) is 0 Å². The van der Waals surface area contributed by atoms with Crippen LogP contribution in [0, 0.1) is 0 Å². The van der Waals surface area contributed by atoms with E-state index in [1.165, 1.54) is 23.9 Å². The van der Waals surface area contributed by atoms with E-state index in [9.17, 15) is 44.1 Å². The standard InChI is InChI=1S/C19H27N5O15P2/c1-2-3-10(25)38-15-13(27)9(37-19(15)29)5-35-41(32,33)39-40(30,31)34-4-8-12(26)14(28)18(36-8)24-7-23-11-16(20)21-6-22-17(11)24/h2-3,6-9,12-15,18-19,26-29H,4-5H2,1H3,(H,30,31)(H,32,33)(H2,20,21,22)/p-2/b3-2+/t8-,9-,12-,13-,14-,15-,18-,19?/m1/s1. The van der Waals surface area contributed by atoms with Gasteiger partial charge >= 0.3 is 5.97 Å². The van der Waals surface area contributed by atoms with E-state index >= 15 is 0 Å². The van der Waals surface area contributed by atoms with Crippen molar-refractivity contribution in [3.05, 3.63) is 24.8 Å². The predicted molar refractivity (Wildman–Crippen MR) is 125 cm³/mol. The normalized spacial score (nSPS) is 33.2. The molecule has 228 valence electrons. The summed E-state index contributed by atoms with van der Waals surface area (Å²) >= 11 is 0. The quantitative estimate of drug-likeness (QED) is 0.0922. The van der Waals surface area contributed by atoms with Gasteiger partial charge in [0.05, 0.1) is 19.5 Å². The van der Waals surface area contributed by atoms with Crippen LogP contribution < -0.4 is 15.5 Å². The Morgan fingerprint density at radius 3 is 2.32 bits per heavy atom. The first-order valence-corrected chi connectivity index (χ1v) is 14.6. The number of allylic oxidation sites excluding steroid dienone is 1. The van der Waals surface area contributed by atoms with Crippen molar-refractivity contribution < 1.29 is 71.7 Å². The van der Waals surface area contributed by atoms with Gasteiger partial charge in [-0.05, 0) is 6.92 Å². The van der Waals surface area contributed by atoms with Gasteiger partial charge in [-0.1, -0.05) is 6.08 Å². The van der Waals surface area contributed by atoms with E-state index in [4.69, 9.17) is 19.9 Å². The molecule has 4 rings (SSSR count). The van der Waals surface area contributed by atoms with E-state index < -0.39 is 84.0 Å². The number of nitrogen functional groups attached to an aromatic ring is 1. The summed E-state index contributed by atoms with van der Waals surface area (Å²) in [6, 6.07) is 0. The lowest BCUT2D eigenvalue weighted by Gasteiger charge is -2.32. The second kappa shape index (κ2) is 12.4. The SMILES string of the molecule is C/C=C/C(=O)O[C@H]1C(O)O[C@H](COP(=O)([O-])OP(=O)([O-])OC[C@H]2O[C@@H](n3cnc4c(N)ncnc43)[C@H](O)[C@@H]2O)[C@H]1O. The second-order valence-corrected chi connectivity index (χ2v) is 11.6. The number of phosphoric acid groups is 2. The van der Waals surface area contributed by atoms with Crippen LogP contribution in [-0.2, 0) is 41.5 Å². The Morgan fingerprint density at radius 1 is 1.05 bits per heavy atom. The molecule has 0 amide bonds. The maximum Gasteiger partial charge on any atom is 0.330 e. The first-order chi connectivity index (χ1) is 19.2. The maximum atomic E-state index is 12.2. The minimum atomic E-state index is -5.68. The molecule has 0 saturated carbocycles. The number of fused-ring (bicyclic) bond motifs is 1. The molecule has 22 heteroatoms. The van der Waals surface area contributed by atoms with Gasteiger partial charge in [0.25, 0.3) is 15.6 Å². The summed E-state index contributed by atoms with van der Waals surface area (Å²) in [5.41, 5.74) is 6.04. The Morgan fingerprint density at radius 2 is 1.68 bits per heavy atom. The van der Waals surface area contributed by atoms with Gasteiger partial charge in [0.15, 0.2) is 30.1 Å². The molecule has 4 heterocycles. The zero-order chi connectivity index (χ0) is 30.1. The third-order valence-electron chi connectivity index (χ3n) is 5.86. The molecular formula is C19H25N5O15P2-2. The number of aliphatic hydroxyl groups excluding tert-OH is 4. The summed E-state index contributed by atoms with van der Waals surface area (Å²) in [6.45, 7) is -0.518. The lowest BCUT2D eigenvalue weighted by molar-refractivity contribution is -0.247. The lowest BCUT2D eigenvalue weighted by atomic mass is 10.1. The van der Waals surface area contributed by atoms with Gasteiger partial charge in [0, 0.05) is 6.08 Å². The molecule has 2 saturated heterocycles. The van der Waals surface area contributed by atoms with Crippen molar-refractivity contribution in [3.8, 4) is 0 Å². The molecule has 0 bridgehead atoms. The Labute approximate surface area is 230 Å². The maximum absolute atomic E-state index is 12.2. The molecule has 10 atom stereocenters. The average Bonchev–Trinajstić information content (AvgIpc) is 3.52. The van der Waals surface area contributed by atoms with E-state index in [1.807, 2.05) is 0 Å². The van der Waals surface area contributed by atoms with Crippen LogP contribution in [-0.4, -0.2) is 102 Å². The third kappa shape index (κ3) is 7.15. The van der Waals surface area contributed by atoms with E-state index in [0.29, 0.717) is 0 Å². The summed E-state index contributed by atoms with van der Waals surface area (Å²) < 4.78 is 53.6. The van der Waals surface area contributed by atoms with Crippen molar-refractivity contribution in [2.75, 3.05) is 18.9 Å². The highest BCUT2D eigenvalue weighted by molar-refractivity contribution is 7.59. The number of hydrogen-bond acceptors (Lipinski definition) is 19. The topological polar surface area (TPSA) is 303 Å². The molecule has 2 aromatic heterocycles. The van der Waals surface area contributed by atoms with Crippen molar-refractivity contribution in [1.82, 2.24) is 19.5 Å². The molecule has 0 aliphatic carbocycles. The number of phosphoric ester groups is 2. The van der Waals surface area contributed by atoms with E-state index in [0.717, 1.165) is 12.4 Å². The number of esters is 1. The molecular weight excluding hydrogens is 600 g/mol. The van der Waals surface area contributed by atoms with Crippen LogP contribution in [0.25, 0.3) is 11.2 Å². The Bertz CT molecular complexity index is 1380. The molecule has 41 heavy (non-hydrogen) atoms. The first kappa shape index (κ1) is 31.5. The first-order valence-electron chi connectivity index (χ1n) is 11.6. The van der Waals surface area contributed by atoms with Gasteiger partial charge in [0.1, 0.15) is 42.4 Å². The molecule has 2 aliphatic rings. The van der Waals surface area contributed by atoms with Crippen molar-refractivity contribution >= 4 is 38.6 Å². The summed E-state index contributed by atoms with van der Waals surface area (Å²) in [6.07, 6.45) is -8.20. The van der Waals surface area contributed by atoms with Gasteiger partial charge < -0.3 is 59.2 Å². The molecule has 0 spiro atoms. The average molecular weight is 625 g/mol.